The van der Waals surface area contributed by atoms with Crippen LogP contribution in [0.15, 0.2) is 77.9 Å². The molecule has 0 spiro atoms. The van der Waals surface area contributed by atoms with Gasteiger partial charge < -0.3 is 5.32 Å². The maximum absolute atomic E-state index is 13.2. The Morgan fingerprint density at radius 2 is 1.55 bits per heavy atom. The number of halogens is 2. The van der Waals surface area contributed by atoms with Crippen LogP contribution in [0.2, 0.25) is 5.02 Å². The molecule has 146 valence electrons. The number of anilines is 1. The molecule has 0 saturated heterocycles. The molecule has 3 aromatic carbocycles. The molecule has 0 aliphatic rings. The second kappa shape index (κ2) is 9.12. The molecule has 2 amide bonds. The molecule has 0 radical (unpaired) electrons. The Bertz CT molecular complexity index is 1080. The van der Waals surface area contributed by atoms with E-state index in [0.29, 0.717) is 27.5 Å². The molecule has 0 bridgehead atoms. The highest BCUT2D eigenvalue weighted by molar-refractivity contribution is 6.30. The van der Waals surface area contributed by atoms with Crippen LogP contribution in [0.25, 0.3) is 0 Å². The highest BCUT2D eigenvalue weighted by Gasteiger charge is 2.08. The first-order valence-electron chi connectivity index (χ1n) is 8.70. The van der Waals surface area contributed by atoms with Gasteiger partial charge in [0.1, 0.15) is 5.82 Å². The van der Waals surface area contributed by atoms with Crippen LogP contribution in [-0.4, -0.2) is 17.5 Å². The highest BCUT2D eigenvalue weighted by Crippen LogP contribution is 2.15. The largest absolute Gasteiger partial charge is 0.322 e. The summed E-state index contributed by atoms with van der Waals surface area (Å²) < 4.78 is 13.2. The van der Waals surface area contributed by atoms with E-state index in [1.165, 1.54) is 18.2 Å². The summed E-state index contributed by atoms with van der Waals surface area (Å²) in [6.07, 6.45) is 0. The first-order chi connectivity index (χ1) is 13.9. The molecule has 0 heterocycles. The van der Waals surface area contributed by atoms with Gasteiger partial charge in [0.25, 0.3) is 11.8 Å². The van der Waals surface area contributed by atoms with Crippen molar-refractivity contribution >= 4 is 34.8 Å². The lowest BCUT2D eigenvalue weighted by Gasteiger charge is -2.08. The van der Waals surface area contributed by atoms with Crippen LogP contribution in [0.3, 0.4) is 0 Å². The van der Waals surface area contributed by atoms with Crippen molar-refractivity contribution in [3.63, 3.8) is 0 Å². The minimum atomic E-state index is -0.518. The monoisotopic (exact) mass is 409 g/mol. The third kappa shape index (κ3) is 5.49. The highest BCUT2D eigenvalue weighted by atomic mass is 35.5. The number of carbonyl (C=O) groups excluding carboxylic acids is 2. The molecule has 3 rings (SSSR count). The van der Waals surface area contributed by atoms with E-state index in [1.54, 1.807) is 55.5 Å². The maximum atomic E-state index is 13.2. The normalized spacial score (nSPS) is 11.1. The van der Waals surface area contributed by atoms with Gasteiger partial charge in [-0.2, -0.15) is 5.10 Å². The number of amides is 2. The van der Waals surface area contributed by atoms with E-state index in [0.717, 1.165) is 6.07 Å². The minimum Gasteiger partial charge on any atom is -0.322 e. The molecule has 0 unspecified atom stereocenters. The molecular weight excluding hydrogens is 393 g/mol. The third-order valence-corrected chi connectivity index (χ3v) is 4.31. The van der Waals surface area contributed by atoms with Crippen LogP contribution in [0.1, 0.15) is 33.2 Å². The standard InChI is InChI=1S/C22H17ClFN3O2/c1-14(26-27-22(29)17-5-2-6-19(24)12-17)16-4-3-7-20(13-16)25-21(28)15-8-10-18(23)11-9-15/h2-13H,1H3,(H,25,28)(H,27,29). The number of nitrogens with zero attached hydrogens (tertiary/aromatic N) is 1. The van der Waals surface area contributed by atoms with Crippen molar-refractivity contribution in [2.24, 2.45) is 5.10 Å². The summed E-state index contributed by atoms with van der Waals surface area (Å²) in [5.41, 5.74) is 4.86. The first kappa shape index (κ1) is 20.2. The van der Waals surface area contributed by atoms with E-state index in [1.807, 2.05) is 0 Å². The number of hydrazone groups is 1. The fourth-order valence-corrected chi connectivity index (χ4v) is 2.65. The zero-order valence-corrected chi connectivity index (χ0v) is 16.2. The van der Waals surface area contributed by atoms with Crippen molar-refractivity contribution in [3.8, 4) is 0 Å². The molecule has 0 atom stereocenters. The zero-order chi connectivity index (χ0) is 20.8. The fraction of sp³-hybridized carbons (Fsp3) is 0.0455. The van der Waals surface area contributed by atoms with Crippen molar-refractivity contribution in [1.82, 2.24) is 5.43 Å². The minimum absolute atomic E-state index is 0.172. The van der Waals surface area contributed by atoms with Gasteiger partial charge >= 0.3 is 0 Å². The number of hydrogen-bond acceptors (Lipinski definition) is 3. The Morgan fingerprint density at radius 1 is 0.862 bits per heavy atom. The predicted molar refractivity (Wildman–Crippen MR) is 112 cm³/mol. The average molecular weight is 410 g/mol. The zero-order valence-electron chi connectivity index (χ0n) is 15.4. The van der Waals surface area contributed by atoms with Crippen molar-refractivity contribution in [1.29, 1.82) is 0 Å². The van der Waals surface area contributed by atoms with Crippen LogP contribution in [-0.2, 0) is 0 Å². The lowest BCUT2D eigenvalue weighted by Crippen LogP contribution is -2.19. The molecule has 7 heteroatoms. The summed E-state index contributed by atoms with van der Waals surface area (Å²) in [7, 11) is 0. The summed E-state index contributed by atoms with van der Waals surface area (Å²) in [6, 6.07) is 18.9. The van der Waals surface area contributed by atoms with Gasteiger partial charge in [-0.05, 0) is 67.1 Å². The molecule has 0 aromatic heterocycles. The van der Waals surface area contributed by atoms with Gasteiger partial charge in [-0.1, -0.05) is 29.8 Å². The lowest BCUT2D eigenvalue weighted by molar-refractivity contribution is 0.0953. The van der Waals surface area contributed by atoms with Gasteiger partial charge in [-0.25, -0.2) is 9.82 Å². The maximum Gasteiger partial charge on any atom is 0.271 e. The molecule has 29 heavy (non-hydrogen) atoms. The van der Waals surface area contributed by atoms with Gasteiger partial charge in [-0.3, -0.25) is 9.59 Å². The molecule has 2 N–H and O–H groups in total. The van der Waals surface area contributed by atoms with Gasteiger partial charge in [-0.15, -0.1) is 0 Å². The summed E-state index contributed by atoms with van der Waals surface area (Å²) in [4.78, 5) is 24.4. The quantitative estimate of drug-likeness (QED) is 0.465. The van der Waals surface area contributed by atoms with E-state index in [9.17, 15) is 14.0 Å². The van der Waals surface area contributed by atoms with E-state index in [4.69, 9.17) is 11.6 Å². The van der Waals surface area contributed by atoms with Crippen LogP contribution in [0.5, 0.6) is 0 Å². The van der Waals surface area contributed by atoms with Gasteiger partial charge in [0, 0.05) is 21.8 Å². The van der Waals surface area contributed by atoms with Crippen molar-refractivity contribution < 1.29 is 14.0 Å². The second-order valence-corrected chi connectivity index (χ2v) is 6.63. The predicted octanol–water partition coefficient (Wildman–Crippen LogP) is 4.89. The van der Waals surface area contributed by atoms with Crippen molar-refractivity contribution in [3.05, 3.63) is 100 Å². The molecule has 0 aliphatic heterocycles. The fourth-order valence-electron chi connectivity index (χ4n) is 2.52. The number of carbonyl (C=O) groups is 2. The van der Waals surface area contributed by atoms with E-state index in [2.05, 4.69) is 15.8 Å². The Labute approximate surface area is 172 Å². The van der Waals surface area contributed by atoms with E-state index < -0.39 is 11.7 Å². The molecular formula is C22H17ClFN3O2. The molecule has 3 aromatic rings. The number of nitrogens with one attached hydrogen (secondary N) is 2. The molecule has 5 nitrogen and oxygen atoms in total. The van der Waals surface area contributed by atoms with Crippen LogP contribution in [0.4, 0.5) is 10.1 Å². The average Bonchev–Trinajstić information content (AvgIpc) is 2.72. The lowest BCUT2D eigenvalue weighted by atomic mass is 10.1. The van der Waals surface area contributed by atoms with Crippen molar-refractivity contribution in [2.45, 2.75) is 6.92 Å². The van der Waals surface area contributed by atoms with Crippen LogP contribution >= 0.6 is 11.6 Å². The van der Waals surface area contributed by atoms with Crippen molar-refractivity contribution in [2.75, 3.05) is 5.32 Å². The smallest absolute Gasteiger partial charge is 0.271 e. The van der Waals surface area contributed by atoms with Gasteiger partial charge in [0.2, 0.25) is 0 Å². The summed E-state index contributed by atoms with van der Waals surface area (Å²) >= 11 is 5.84. The van der Waals surface area contributed by atoms with E-state index in [-0.39, 0.29) is 11.5 Å². The third-order valence-electron chi connectivity index (χ3n) is 4.06. The molecule has 0 fully saturated rings. The summed E-state index contributed by atoms with van der Waals surface area (Å²) in [6.45, 7) is 1.71. The van der Waals surface area contributed by atoms with E-state index >= 15 is 0 Å². The summed E-state index contributed by atoms with van der Waals surface area (Å²) in [5, 5.41) is 7.41. The number of hydrogen-bond donors (Lipinski definition) is 2. The molecule has 0 aliphatic carbocycles. The summed E-state index contributed by atoms with van der Waals surface area (Å²) in [5.74, 6) is -1.29. The SMILES string of the molecule is CC(=NNC(=O)c1cccc(F)c1)c1cccc(NC(=O)c2ccc(Cl)cc2)c1. The van der Waals surface area contributed by atoms with Crippen LogP contribution < -0.4 is 10.7 Å². The number of rotatable bonds is 5. The van der Waals surface area contributed by atoms with Gasteiger partial charge in [0.15, 0.2) is 0 Å². The van der Waals surface area contributed by atoms with Gasteiger partial charge in [0.05, 0.1) is 5.71 Å². The molecule has 0 saturated carbocycles. The Morgan fingerprint density at radius 3 is 2.28 bits per heavy atom. The second-order valence-electron chi connectivity index (χ2n) is 6.19. The Kier molecular flexibility index (Phi) is 6.36. The topological polar surface area (TPSA) is 70.6 Å². The Hall–Kier alpha value is -3.51. The number of benzene rings is 3. The van der Waals surface area contributed by atoms with Crippen LogP contribution in [0, 0.1) is 5.82 Å². The first-order valence-corrected chi connectivity index (χ1v) is 9.08. The Balaban J connectivity index is 1.69.